The van der Waals surface area contributed by atoms with E-state index in [0.717, 1.165) is 0 Å². The molecule has 1 aliphatic rings. The lowest BCUT2D eigenvalue weighted by molar-refractivity contribution is -0.385. The molecule has 0 aliphatic carbocycles. The van der Waals surface area contributed by atoms with E-state index in [9.17, 15) is 25.0 Å². The molecule has 10 heteroatoms. The third-order valence-electron chi connectivity index (χ3n) is 3.63. The van der Waals surface area contributed by atoms with Crippen LogP contribution in [0.25, 0.3) is 6.08 Å². The number of carbonyl (C=O) groups is 1. The minimum absolute atomic E-state index is 0.0565. The molecule has 0 fully saturated rings. The number of ether oxygens (including phenoxy) is 2. The largest absolute Gasteiger partial charge is 0.490 e. The molecule has 3 rings (SSSR count). The molecule has 27 heavy (non-hydrogen) atoms. The first-order valence-electron chi connectivity index (χ1n) is 7.49. The summed E-state index contributed by atoms with van der Waals surface area (Å²) in [6, 6.07) is 9.66. The van der Waals surface area contributed by atoms with Crippen LogP contribution in [0.3, 0.4) is 0 Å². The number of hydrogen-bond donors (Lipinski definition) is 0. The van der Waals surface area contributed by atoms with E-state index in [1.807, 2.05) is 0 Å². The molecule has 2 aromatic rings. The van der Waals surface area contributed by atoms with Crippen molar-refractivity contribution < 1.29 is 24.1 Å². The van der Waals surface area contributed by atoms with Gasteiger partial charge in [0.1, 0.15) is 0 Å². The number of nitro groups is 2. The molecule has 0 saturated carbocycles. The highest BCUT2D eigenvalue weighted by atomic mass is 16.6. The van der Waals surface area contributed by atoms with Gasteiger partial charge in [-0.05, 0) is 23.8 Å². The second kappa shape index (κ2) is 7.04. The number of cyclic esters (lactones) is 1. The van der Waals surface area contributed by atoms with E-state index in [2.05, 4.69) is 4.99 Å². The molecule has 0 aromatic heterocycles. The highest BCUT2D eigenvalue weighted by Crippen LogP contribution is 2.29. The lowest BCUT2D eigenvalue weighted by Gasteiger charge is -2.03. The number of rotatable bonds is 5. The van der Waals surface area contributed by atoms with Crippen LogP contribution < -0.4 is 4.74 Å². The first-order chi connectivity index (χ1) is 12.9. The van der Waals surface area contributed by atoms with E-state index in [1.165, 1.54) is 49.6 Å². The molecule has 0 saturated heterocycles. The van der Waals surface area contributed by atoms with Gasteiger partial charge >= 0.3 is 11.7 Å². The van der Waals surface area contributed by atoms with Crippen molar-refractivity contribution in [2.75, 3.05) is 7.11 Å². The number of methoxy groups -OCH3 is 1. The Morgan fingerprint density at radius 1 is 1.11 bits per heavy atom. The topological polar surface area (TPSA) is 134 Å². The molecule has 0 atom stereocenters. The number of esters is 1. The van der Waals surface area contributed by atoms with Gasteiger partial charge in [0.2, 0.25) is 5.90 Å². The Balaban J connectivity index is 1.97. The van der Waals surface area contributed by atoms with Crippen molar-refractivity contribution in [2.45, 2.75) is 0 Å². The summed E-state index contributed by atoms with van der Waals surface area (Å²) in [4.78, 5) is 36.8. The molecule has 1 aliphatic heterocycles. The lowest BCUT2D eigenvalue weighted by atomic mass is 10.1. The second-order valence-corrected chi connectivity index (χ2v) is 5.33. The lowest BCUT2D eigenvalue weighted by Crippen LogP contribution is -2.06. The minimum Gasteiger partial charge on any atom is -0.490 e. The number of carbonyl (C=O) groups excluding carboxylic acids is 1. The molecular weight excluding hydrogens is 358 g/mol. The highest BCUT2D eigenvalue weighted by Gasteiger charge is 2.26. The number of hydrogen-bond acceptors (Lipinski definition) is 8. The molecule has 1 heterocycles. The zero-order valence-corrected chi connectivity index (χ0v) is 13.8. The van der Waals surface area contributed by atoms with Crippen molar-refractivity contribution in [1.82, 2.24) is 0 Å². The highest BCUT2D eigenvalue weighted by molar-refractivity contribution is 6.13. The van der Waals surface area contributed by atoms with Gasteiger partial charge in [0, 0.05) is 23.8 Å². The van der Waals surface area contributed by atoms with E-state index in [-0.39, 0.29) is 34.3 Å². The summed E-state index contributed by atoms with van der Waals surface area (Å²) in [5.41, 5.74) is 0.0969. The molecule has 0 N–H and O–H groups in total. The fraction of sp³-hybridized carbons (Fsp3) is 0.0588. The number of benzene rings is 2. The molecule has 0 spiro atoms. The van der Waals surface area contributed by atoms with Crippen LogP contribution in [0, 0.1) is 20.2 Å². The van der Waals surface area contributed by atoms with Gasteiger partial charge in [0.05, 0.1) is 17.0 Å². The molecule has 10 nitrogen and oxygen atoms in total. The fourth-order valence-electron chi connectivity index (χ4n) is 2.38. The Bertz CT molecular complexity index is 1030. The van der Waals surface area contributed by atoms with Crippen molar-refractivity contribution in [3.63, 3.8) is 0 Å². The summed E-state index contributed by atoms with van der Waals surface area (Å²) >= 11 is 0. The Kier molecular flexibility index (Phi) is 4.62. The van der Waals surface area contributed by atoms with Gasteiger partial charge in [-0.15, -0.1) is 0 Å². The summed E-state index contributed by atoms with van der Waals surface area (Å²) in [6.07, 6.45) is 1.33. The summed E-state index contributed by atoms with van der Waals surface area (Å²) in [5.74, 6) is -0.821. The maximum absolute atomic E-state index is 12.0. The van der Waals surface area contributed by atoms with Gasteiger partial charge in [0.25, 0.3) is 5.69 Å². The Morgan fingerprint density at radius 3 is 2.56 bits per heavy atom. The van der Waals surface area contributed by atoms with Crippen LogP contribution in [0.5, 0.6) is 5.75 Å². The number of nitrogens with zero attached hydrogens (tertiary/aromatic N) is 3. The van der Waals surface area contributed by atoms with Gasteiger partial charge < -0.3 is 9.47 Å². The maximum atomic E-state index is 12.0. The van der Waals surface area contributed by atoms with E-state index < -0.39 is 15.8 Å². The quantitative estimate of drug-likeness (QED) is 0.342. The van der Waals surface area contributed by atoms with Gasteiger partial charge in [-0.2, -0.15) is 0 Å². The monoisotopic (exact) mass is 369 g/mol. The molecule has 0 radical (unpaired) electrons. The van der Waals surface area contributed by atoms with Gasteiger partial charge in [-0.25, -0.2) is 9.79 Å². The second-order valence-electron chi connectivity index (χ2n) is 5.33. The summed E-state index contributed by atoms with van der Waals surface area (Å²) < 4.78 is 9.98. The molecule has 136 valence electrons. The van der Waals surface area contributed by atoms with Crippen LogP contribution in [-0.2, 0) is 9.53 Å². The predicted molar refractivity (Wildman–Crippen MR) is 93.4 cm³/mol. The van der Waals surface area contributed by atoms with Gasteiger partial charge in [-0.3, -0.25) is 20.2 Å². The third kappa shape index (κ3) is 3.63. The first-order valence-corrected chi connectivity index (χ1v) is 7.49. The first kappa shape index (κ1) is 17.7. The molecule has 2 aromatic carbocycles. The number of aliphatic imine (C=N–C) groups is 1. The minimum atomic E-state index is -0.769. The zero-order chi connectivity index (χ0) is 19.6. The normalized spacial score (nSPS) is 14.6. The van der Waals surface area contributed by atoms with Crippen molar-refractivity contribution in [1.29, 1.82) is 0 Å². The Labute approximate surface area is 151 Å². The summed E-state index contributed by atoms with van der Waals surface area (Å²) in [7, 11) is 1.30. The standard InChI is InChI=1S/C17H11N3O7/c1-26-15-6-5-11(9-14(15)20(24)25)16-18-13(17(21)27-16)8-10-3-2-4-12(7-10)19(22)23/h2-9H,1H3. The van der Waals surface area contributed by atoms with Crippen LogP contribution in [-0.4, -0.2) is 28.8 Å². The summed E-state index contributed by atoms with van der Waals surface area (Å²) in [5, 5.41) is 21.9. The molecule has 0 bridgehead atoms. The predicted octanol–water partition coefficient (Wildman–Crippen LogP) is 2.86. The maximum Gasteiger partial charge on any atom is 0.363 e. The van der Waals surface area contributed by atoms with Gasteiger partial charge in [-0.1, -0.05) is 12.1 Å². The Morgan fingerprint density at radius 2 is 1.89 bits per heavy atom. The van der Waals surface area contributed by atoms with Crippen molar-refractivity contribution in [2.24, 2.45) is 4.99 Å². The molecule has 0 amide bonds. The van der Waals surface area contributed by atoms with Crippen molar-refractivity contribution in [3.05, 3.63) is 79.5 Å². The van der Waals surface area contributed by atoms with Gasteiger partial charge in [0.15, 0.2) is 11.4 Å². The average Bonchev–Trinajstić information content (AvgIpc) is 3.01. The number of non-ortho nitro benzene ring substituents is 1. The number of nitro benzene ring substituents is 2. The smallest absolute Gasteiger partial charge is 0.363 e. The van der Waals surface area contributed by atoms with E-state index in [1.54, 1.807) is 6.07 Å². The van der Waals surface area contributed by atoms with E-state index >= 15 is 0 Å². The van der Waals surface area contributed by atoms with E-state index in [0.29, 0.717) is 5.56 Å². The Hall–Kier alpha value is -4.08. The van der Waals surface area contributed by atoms with Crippen LogP contribution in [0.1, 0.15) is 11.1 Å². The van der Waals surface area contributed by atoms with Crippen LogP contribution in [0.4, 0.5) is 11.4 Å². The summed E-state index contributed by atoms with van der Waals surface area (Å²) in [6.45, 7) is 0. The van der Waals surface area contributed by atoms with E-state index in [4.69, 9.17) is 9.47 Å². The fourth-order valence-corrected chi connectivity index (χ4v) is 2.38. The van der Waals surface area contributed by atoms with Crippen LogP contribution in [0.15, 0.2) is 53.2 Å². The average molecular weight is 369 g/mol. The zero-order valence-electron chi connectivity index (χ0n) is 13.8. The molecule has 0 unspecified atom stereocenters. The van der Waals surface area contributed by atoms with Crippen molar-refractivity contribution >= 4 is 29.3 Å². The molecular formula is C17H11N3O7. The van der Waals surface area contributed by atoms with Crippen LogP contribution >= 0.6 is 0 Å². The van der Waals surface area contributed by atoms with Crippen molar-refractivity contribution in [3.8, 4) is 5.75 Å². The SMILES string of the molecule is COc1ccc(C2=NC(=Cc3cccc([N+](=O)[O-])c3)C(=O)O2)cc1[N+](=O)[O-]. The third-order valence-corrected chi connectivity index (χ3v) is 3.63. The van der Waals surface area contributed by atoms with Crippen LogP contribution in [0.2, 0.25) is 0 Å².